The summed E-state index contributed by atoms with van der Waals surface area (Å²) in [5.41, 5.74) is 5.78. The summed E-state index contributed by atoms with van der Waals surface area (Å²) in [5.74, 6) is -1.74. The Balaban J connectivity index is 2.70. The molecule has 1 atom stereocenters. The van der Waals surface area contributed by atoms with E-state index in [2.05, 4.69) is 10.6 Å². The molecule has 8 nitrogen and oxygen atoms in total. The molecule has 1 aromatic carbocycles. The Morgan fingerprint density at radius 3 is 2.46 bits per heavy atom. The van der Waals surface area contributed by atoms with Crippen molar-refractivity contribution in [3.63, 3.8) is 0 Å². The molecule has 0 aliphatic rings. The highest BCUT2D eigenvalue weighted by molar-refractivity contribution is 5.96. The molecule has 8 heteroatoms. The van der Waals surface area contributed by atoms with Crippen LogP contribution < -0.4 is 21.1 Å². The van der Waals surface area contributed by atoms with Crippen molar-refractivity contribution < 1.29 is 24.2 Å². The third kappa shape index (κ3) is 5.79. The summed E-state index contributed by atoms with van der Waals surface area (Å²) in [6.07, 6.45) is 0.465. The number of carboxylic acid groups (broad SMARTS) is 1. The molecule has 0 spiro atoms. The van der Waals surface area contributed by atoms with Gasteiger partial charge in [-0.05, 0) is 30.5 Å². The molecule has 132 valence electrons. The van der Waals surface area contributed by atoms with Gasteiger partial charge in [0.1, 0.15) is 5.75 Å². The SMILES string of the molecule is COc1cc(C(N)=O)ccc1NC(=O)NCC(CC(C)C)C(=O)O. The van der Waals surface area contributed by atoms with Gasteiger partial charge in [0.15, 0.2) is 0 Å². The molecule has 24 heavy (non-hydrogen) atoms. The van der Waals surface area contributed by atoms with Crippen LogP contribution in [0.3, 0.4) is 0 Å². The van der Waals surface area contributed by atoms with E-state index in [1.807, 2.05) is 13.8 Å². The normalized spacial score (nSPS) is 11.7. The van der Waals surface area contributed by atoms with Gasteiger partial charge in [-0.15, -0.1) is 0 Å². The number of aliphatic carboxylic acids is 1. The van der Waals surface area contributed by atoms with Gasteiger partial charge in [-0.3, -0.25) is 9.59 Å². The number of anilines is 1. The van der Waals surface area contributed by atoms with E-state index < -0.39 is 23.8 Å². The van der Waals surface area contributed by atoms with Gasteiger partial charge in [-0.1, -0.05) is 13.8 Å². The van der Waals surface area contributed by atoms with Gasteiger partial charge in [0, 0.05) is 12.1 Å². The van der Waals surface area contributed by atoms with Crippen molar-refractivity contribution in [2.75, 3.05) is 19.0 Å². The zero-order valence-corrected chi connectivity index (χ0v) is 14.0. The average molecular weight is 337 g/mol. The lowest BCUT2D eigenvalue weighted by Gasteiger charge is -2.16. The van der Waals surface area contributed by atoms with Crippen molar-refractivity contribution in [3.8, 4) is 5.75 Å². The summed E-state index contributed by atoms with van der Waals surface area (Å²) in [5, 5.41) is 14.2. The van der Waals surface area contributed by atoms with E-state index in [0.29, 0.717) is 12.1 Å². The van der Waals surface area contributed by atoms with Gasteiger partial charge in [-0.25, -0.2) is 4.79 Å². The fraction of sp³-hybridized carbons (Fsp3) is 0.438. The van der Waals surface area contributed by atoms with Crippen molar-refractivity contribution in [3.05, 3.63) is 23.8 Å². The second kappa shape index (κ2) is 8.76. The van der Waals surface area contributed by atoms with Crippen LogP contribution in [0.2, 0.25) is 0 Å². The number of amides is 3. The van der Waals surface area contributed by atoms with Crippen LogP contribution in [0.25, 0.3) is 0 Å². The molecule has 0 saturated heterocycles. The summed E-state index contributed by atoms with van der Waals surface area (Å²) >= 11 is 0. The Hall–Kier alpha value is -2.77. The second-order valence-corrected chi connectivity index (χ2v) is 5.78. The molecule has 0 aliphatic carbocycles. The van der Waals surface area contributed by atoms with Gasteiger partial charge >= 0.3 is 12.0 Å². The number of nitrogens with one attached hydrogen (secondary N) is 2. The van der Waals surface area contributed by atoms with Crippen LogP contribution >= 0.6 is 0 Å². The maximum atomic E-state index is 11.9. The Labute approximate surface area is 140 Å². The minimum Gasteiger partial charge on any atom is -0.495 e. The lowest BCUT2D eigenvalue weighted by Crippen LogP contribution is -2.36. The number of hydrogen-bond donors (Lipinski definition) is 4. The highest BCUT2D eigenvalue weighted by Gasteiger charge is 2.20. The Kier molecular flexibility index (Phi) is 7.03. The van der Waals surface area contributed by atoms with Gasteiger partial charge in [0.2, 0.25) is 5.91 Å². The Morgan fingerprint density at radius 1 is 1.29 bits per heavy atom. The standard InChI is InChI=1S/C16H23N3O5/c1-9(2)6-11(15(21)22)8-18-16(23)19-12-5-4-10(14(17)20)7-13(12)24-3/h4-5,7,9,11H,6,8H2,1-3H3,(H2,17,20)(H,21,22)(H2,18,19,23). The number of carbonyl (C=O) groups excluding carboxylic acids is 2. The van der Waals surface area contributed by atoms with Crippen molar-refractivity contribution in [1.29, 1.82) is 0 Å². The van der Waals surface area contributed by atoms with Crippen LogP contribution in [0.1, 0.15) is 30.6 Å². The topological polar surface area (TPSA) is 131 Å². The maximum absolute atomic E-state index is 11.9. The van der Waals surface area contributed by atoms with Crippen LogP contribution in [0.4, 0.5) is 10.5 Å². The summed E-state index contributed by atoms with van der Waals surface area (Å²) in [4.78, 5) is 34.3. The van der Waals surface area contributed by atoms with Crippen molar-refractivity contribution in [2.45, 2.75) is 20.3 Å². The van der Waals surface area contributed by atoms with Crippen molar-refractivity contribution >= 4 is 23.6 Å². The van der Waals surface area contributed by atoms with Gasteiger partial charge in [-0.2, -0.15) is 0 Å². The summed E-state index contributed by atoms with van der Waals surface area (Å²) in [6, 6.07) is 3.80. The number of carboxylic acids is 1. The van der Waals surface area contributed by atoms with Crippen LogP contribution in [0.5, 0.6) is 5.75 Å². The van der Waals surface area contributed by atoms with E-state index in [9.17, 15) is 14.4 Å². The summed E-state index contributed by atoms with van der Waals surface area (Å²) in [6.45, 7) is 3.85. The molecule has 0 saturated carbocycles. The first kappa shape index (κ1) is 19.3. The first-order valence-corrected chi connectivity index (χ1v) is 7.50. The fourth-order valence-corrected chi connectivity index (χ4v) is 2.17. The van der Waals surface area contributed by atoms with E-state index in [0.717, 1.165) is 0 Å². The number of methoxy groups -OCH3 is 1. The van der Waals surface area contributed by atoms with E-state index >= 15 is 0 Å². The molecule has 0 aromatic heterocycles. The molecule has 0 heterocycles. The van der Waals surface area contributed by atoms with Gasteiger partial charge in [0.25, 0.3) is 0 Å². The van der Waals surface area contributed by atoms with Crippen molar-refractivity contribution in [1.82, 2.24) is 5.32 Å². The molecule has 1 aromatic rings. The molecule has 0 bridgehead atoms. The monoisotopic (exact) mass is 337 g/mol. The lowest BCUT2D eigenvalue weighted by molar-refractivity contribution is -0.142. The van der Waals surface area contributed by atoms with E-state index in [1.54, 1.807) is 0 Å². The first-order chi connectivity index (χ1) is 11.2. The number of urea groups is 1. The van der Waals surface area contributed by atoms with E-state index in [-0.39, 0.29) is 23.8 Å². The van der Waals surface area contributed by atoms with Gasteiger partial charge < -0.3 is 26.2 Å². The minimum absolute atomic E-state index is 0.0149. The number of primary amides is 1. The summed E-state index contributed by atoms with van der Waals surface area (Å²) < 4.78 is 5.11. The number of rotatable bonds is 8. The lowest BCUT2D eigenvalue weighted by atomic mass is 9.97. The Bertz CT molecular complexity index is 616. The van der Waals surface area contributed by atoms with Gasteiger partial charge in [0.05, 0.1) is 18.7 Å². The number of nitrogens with two attached hydrogens (primary N) is 1. The smallest absolute Gasteiger partial charge is 0.319 e. The predicted molar refractivity (Wildman–Crippen MR) is 89.1 cm³/mol. The molecular weight excluding hydrogens is 314 g/mol. The largest absolute Gasteiger partial charge is 0.495 e. The third-order valence-electron chi connectivity index (χ3n) is 3.35. The third-order valence-corrected chi connectivity index (χ3v) is 3.35. The highest BCUT2D eigenvalue weighted by Crippen LogP contribution is 2.25. The maximum Gasteiger partial charge on any atom is 0.319 e. The zero-order chi connectivity index (χ0) is 18.3. The fourth-order valence-electron chi connectivity index (χ4n) is 2.17. The molecule has 3 amide bonds. The molecule has 5 N–H and O–H groups in total. The minimum atomic E-state index is -0.951. The first-order valence-electron chi connectivity index (χ1n) is 7.50. The van der Waals surface area contributed by atoms with Crippen molar-refractivity contribution in [2.24, 2.45) is 17.6 Å². The average Bonchev–Trinajstić information content (AvgIpc) is 2.50. The van der Waals surface area contributed by atoms with Crippen LogP contribution in [-0.2, 0) is 4.79 Å². The quantitative estimate of drug-likeness (QED) is 0.573. The van der Waals surface area contributed by atoms with E-state index in [1.165, 1.54) is 25.3 Å². The molecular formula is C16H23N3O5. The van der Waals surface area contributed by atoms with Crippen LogP contribution in [0.15, 0.2) is 18.2 Å². The number of benzene rings is 1. The number of hydrogen-bond acceptors (Lipinski definition) is 4. The molecule has 0 aliphatic heterocycles. The molecule has 0 radical (unpaired) electrons. The van der Waals surface area contributed by atoms with Crippen LogP contribution in [0, 0.1) is 11.8 Å². The number of carbonyl (C=O) groups is 3. The summed E-state index contributed by atoms with van der Waals surface area (Å²) in [7, 11) is 1.40. The number of ether oxygens (including phenoxy) is 1. The molecule has 1 unspecified atom stereocenters. The zero-order valence-electron chi connectivity index (χ0n) is 14.0. The highest BCUT2D eigenvalue weighted by atomic mass is 16.5. The molecule has 1 rings (SSSR count). The second-order valence-electron chi connectivity index (χ2n) is 5.78. The van der Waals surface area contributed by atoms with Crippen LogP contribution in [-0.4, -0.2) is 36.7 Å². The predicted octanol–water partition coefficient (Wildman–Crippen LogP) is 1.66. The molecule has 0 fully saturated rings. The van der Waals surface area contributed by atoms with E-state index in [4.69, 9.17) is 15.6 Å². The Morgan fingerprint density at radius 2 is 1.96 bits per heavy atom.